The molecule has 0 amide bonds. The van der Waals surface area contributed by atoms with Gasteiger partial charge in [-0.15, -0.1) is 0 Å². The quantitative estimate of drug-likeness (QED) is 0.515. The third kappa shape index (κ3) is 5.96. The smallest absolute Gasteiger partial charge is 0.308 e. The molecule has 0 bridgehead atoms. The Morgan fingerprint density at radius 3 is 2.50 bits per heavy atom. The summed E-state index contributed by atoms with van der Waals surface area (Å²) in [6.45, 7) is 9.02. The highest BCUT2D eigenvalue weighted by atomic mass is 16.5. The molecule has 0 aliphatic heterocycles. The number of aromatic nitrogens is 3. The van der Waals surface area contributed by atoms with Crippen molar-refractivity contribution in [1.82, 2.24) is 15.0 Å². The molecule has 2 heterocycles. The first-order chi connectivity index (χ1) is 15.4. The van der Waals surface area contributed by atoms with E-state index in [1.54, 1.807) is 13.3 Å². The number of pyridine rings is 1. The Labute approximate surface area is 190 Å². The van der Waals surface area contributed by atoms with E-state index in [-0.39, 0.29) is 23.7 Å². The number of methoxy groups -OCH3 is 1. The van der Waals surface area contributed by atoms with Crippen molar-refractivity contribution in [3.05, 3.63) is 41.6 Å². The van der Waals surface area contributed by atoms with E-state index in [2.05, 4.69) is 28.8 Å². The van der Waals surface area contributed by atoms with Crippen molar-refractivity contribution in [2.75, 3.05) is 20.3 Å². The molecule has 3 rings (SSSR count). The minimum atomic E-state index is -0.0717. The molecule has 2 aromatic heterocycles. The average Bonchev–Trinajstić information content (AvgIpc) is 2.82. The van der Waals surface area contributed by atoms with Gasteiger partial charge in [-0.05, 0) is 63.5 Å². The first-order valence-electron chi connectivity index (χ1n) is 11.6. The highest BCUT2D eigenvalue weighted by Crippen LogP contribution is 2.39. The average molecular weight is 442 g/mol. The molecule has 0 radical (unpaired) electrons. The van der Waals surface area contributed by atoms with Crippen LogP contribution in [0, 0.1) is 18.8 Å². The van der Waals surface area contributed by atoms with Crippen molar-refractivity contribution in [3.63, 3.8) is 0 Å². The Morgan fingerprint density at radius 2 is 1.88 bits per heavy atom. The van der Waals surface area contributed by atoms with Gasteiger partial charge >= 0.3 is 5.97 Å². The largest absolute Gasteiger partial charge is 0.495 e. The molecule has 7 heteroatoms. The fraction of sp³-hybridized carbons (Fsp3) is 0.600. The number of carbonyl (C=O) groups is 1. The molecule has 7 nitrogen and oxygen atoms in total. The van der Waals surface area contributed by atoms with Gasteiger partial charge in [0.25, 0.3) is 0 Å². The van der Waals surface area contributed by atoms with E-state index in [1.165, 1.54) is 0 Å². The molecule has 0 N–H and O–H groups in total. The highest BCUT2D eigenvalue weighted by Gasteiger charge is 2.30. The van der Waals surface area contributed by atoms with Crippen LogP contribution in [-0.2, 0) is 9.53 Å². The molecule has 32 heavy (non-hydrogen) atoms. The maximum absolute atomic E-state index is 12.1. The molecule has 174 valence electrons. The molecule has 0 spiro atoms. The minimum absolute atomic E-state index is 0.000182. The van der Waals surface area contributed by atoms with E-state index in [0.717, 1.165) is 42.7 Å². The molecule has 1 saturated carbocycles. The van der Waals surface area contributed by atoms with Crippen LogP contribution < -0.4 is 9.47 Å². The van der Waals surface area contributed by atoms with Gasteiger partial charge in [0.2, 0.25) is 5.88 Å². The van der Waals surface area contributed by atoms with Crippen LogP contribution >= 0.6 is 0 Å². The van der Waals surface area contributed by atoms with Crippen molar-refractivity contribution < 1.29 is 19.0 Å². The number of carbonyl (C=O) groups excluding carboxylic acids is 1. The lowest BCUT2D eigenvalue weighted by Crippen LogP contribution is -2.24. The number of aryl methyl sites for hydroxylation is 1. The summed E-state index contributed by atoms with van der Waals surface area (Å²) in [5, 5.41) is 0. The Balaban J connectivity index is 1.63. The fourth-order valence-electron chi connectivity index (χ4n) is 4.18. The summed E-state index contributed by atoms with van der Waals surface area (Å²) >= 11 is 0. The zero-order chi connectivity index (χ0) is 23.1. The Hall–Kier alpha value is -2.70. The van der Waals surface area contributed by atoms with E-state index in [0.29, 0.717) is 30.8 Å². The van der Waals surface area contributed by atoms with E-state index in [1.807, 2.05) is 32.2 Å². The van der Waals surface area contributed by atoms with E-state index < -0.39 is 0 Å². The first kappa shape index (κ1) is 24.0. The molecular formula is C25H35N3O4. The summed E-state index contributed by atoms with van der Waals surface area (Å²) in [6.07, 6.45) is 7.12. The second-order valence-corrected chi connectivity index (χ2v) is 8.68. The fourth-order valence-corrected chi connectivity index (χ4v) is 4.18. The van der Waals surface area contributed by atoms with Crippen LogP contribution in [-0.4, -0.2) is 41.2 Å². The lowest BCUT2D eigenvalue weighted by atomic mass is 9.79. The SMILES string of the molecule is CCOC(=O)C1CCC(c2cnc(C)nc2OCC(C)[C@H](C)c2ccc(OC)cn2)CC1. The summed E-state index contributed by atoms with van der Waals surface area (Å²) < 4.78 is 16.6. The van der Waals surface area contributed by atoms with Crippen LogP contribution in [0.1, 0.15) is 75.4 Å². The summed E-state index contributed by atoms with van der Waals surface area (Å²) in [7, 11) is 1.64. The normalized spacial score (nSPS) is 20.3. The molecule has 0 saturated heterocycles. The second kappa shape index (κ2) is 11.2. The lowest BCUT2D eigenvalue weighted by molar-refractivity contribution is -0.149. The molecule has 1 unspecified atom stereocenters. The molecule has 1 aliphatic rings. The van der Waals surface area contributed by atoms with Crippen LogP contribution in [0.3, 0.4) is 0 Å². The zero-order valence-corrected chi connectivity index (χ0v) is 19.8. The maximum Gasteiger partial charge on any atom is 0.308 e. The molecule has 2 aromatic rings. The van der Waals surface area contributed by atoms with Crippen LogP contribution in [0.2, 0.25) is 0 Å². The first-order valence-corrected chi connectivity index (χ1v) is 11.6. The minimum Gasteiger partial charge on any atom is -0.495 e. The predicted molar refractivity (Wildman–Crippen MR) is 122 cm³/mol. The van der Waals surface area contributed by atoms with Crippen LogP contribution in [0.5, 0.6) is 11.6 Å². The zero-order valence-electron chi connectivity index (χ0n) is 19.8. The molecule has 1 fully saturated rings. The Morgan fingerprint density at radius 1 is 1.12 bits per heavy atom. The lowest BCUT2D eigenvalue weighted by Gasteiger charge is -2.28. The third-order valence-electron chi connectivity index (χ3n) is 6.49. The van der Waals surface area contributed by atoms with Gasteiger partial charge in [0, 0.05) is 23.4 Å². The van der Waals surface area contributed by atoms with Gasteiger partial charge in [-0.3, -0.25) is 9.78 Å². The van der Waals surface area contributed by atoms with Gasteiger partial charge in [0.15, 0.2) is 0 Å². The monoisotopic (exact) mass is 441 g/mol. The van der Waals surface area contributed by atoms with Crippen molar-refractivity contribution >= 4 is 5.97 Å². The van der Waals surface area contributed by atoms with E-state index in [9.17, 15) is 4.79 Å². The number of esters is 1. The molecule has 2 atom stereocenters. The highest BCUT2D eigenvalue weighted by molar-refractivity contribution is 5.72. The number of rotatable bonds is 9. The second-order valence-electron chi connectivity index (χ2n) is 8.68. The maximum atomic E-state index is 12.1. The Kier molecular flexibility index (Phi) is 8.42. The third-order valence-corrected chi connectivity index (χ3v) is 6.49. The van der Waals surface area contributed by atoms with Crippen molar-refractivity contribution in [1.29, 1.82) is 0 Å². The van der Waals surface area contributed by atoms with Gasteiger partial charge in [-0.2, -0.15) is 4.98 Å². The standard InChI is InChI=1S/C25H35N3O4/c1-6-31-25(29)20-9-7-19(8-10-20)22-14-26-18(4)28-24(22)32-15-16(2)17(3)23-12-11-21(30-5)13-27-23/h11-14,16-17,19-20H,6-10,15H2,1-5H3/t16?,17-,19?,20?/m0/s1. The molecule has 1 aliphatic carbocycles. The predicted octanol–water partition coefficient (Wildman–Crippen LogP) is 4.84. The summed E-state index contributed by atoms with van der Waals surface area (Å²) in [4.78, 5) is 25.6. The molecule has 0 aromatic carbocycles. The summed E-state index contributed by atoms with van der Waals surface area (Å²) in [6, 6.07) is 3.94. The van der Waals surface area contributed by atoms with Gasteiger partial charge in [-0.25, -0.2) is 4.98 Å². The van der Waals surface area contributed by atoms with Crippen LogP contribution in [0.4, 0.5) is 0 Å². The van der Waals surface area contributed by atoms with Gasteiger partial charge in [0.05, 0.1) is 32.4 Å². The van der Waals surface area contributed by atoms with Gasteiger partial charge in [0.1, 0.15) is 11.6 Å². The van der Waals surface area contributed by atoms with Crippen molar-refractivity contribution in [2.45, 2.75) is 65.2 Å². The number of hydrogen-bond acceptors (Lipinski definition) is 7. The van der Waals surface area contributed by atoms with Gasteiger partial charge < -0.3 is 14.2 Å². The Bertz CT molecular complexity index is 879. The van der Waals surface area contributed by atoms with E-state index >= 15 is 0 Å². The summed E-state index contributed by atoms with van der Waals surface area (Å²) in [5.74, 6) is 2.82. The number of hydrogen-bond donors (Lipinski definition) is 0. The topological polar surface area (TPSA) is 83.4 Å². The van der Waals surface area contributed by atoms with Crippen molar-refractivity contribution in [3.8, 4) is 11.6 Å². The number of ether oxygens (including phenoxy) is 3. The van der Waals surface area contributed by atoms with E-state index in [4.69, 9.17) is 14.2 Å². The van der Waals surface area contributed by atoms with Crippen molar-refractivity contribution in [2.24, 2.45) is 11.8 Å². The molecular weight excluding hydrogens is 406 g/mol. The number of nitrogens with zero attached hydrogens (tertiary/aromatic N) is 3. The summed E-state index contributed by atoms with van der Waals surface area (Å²) in [5.41, 5.74) is 2.05. The van der Waals surface area contributed by atoms with Gasteiger partial charge in [-0.1, -0.05) is 13.8 Å². The van der Waals surface area contributed by atoms with Crippen LogP contribution in [0.25, 0.3) is 0 Å². The van der Waals surface area contributed by atoms with Crippen LogP contribution in [0.15, 0.2) is 24.5 Å².